The Hall–Kier alpha value is -3.92. The third kappa shape index (κ3) is 5.79. The van der Waals surface area contributed by atoms with Gasteiger partial charge in [0.2, 0.25) is 0 Å². The van der Waals surface area contributed by atoms with Crippen molar-refractivity contribution in [3.8, 4) is 0 Å². The SMILES string of the molecule is COCCn1nc(C(=O)Nc2ccc(NC(=O)NCc3ccco3)cc2)ccc1=O. The summed E-state index contributed by atoms with van der Waals surface area (Å²) >= 11 is 0. The minimum atomic E-state index is -0.460. The van der Waals surface area contributed by atoms with Crippen molar-refractivity contribution >= 4 is 23.3 Å². The van der Waals surface area contributed by atoms with Gasteiger partial charge in [-0.1, -0.05) is 0 Å². The van der Waals surface area contributed by atoms with Crippen LogP contribution in [0.5, 0.6) is 0 Å². The van der Waals surface area contributed by atoms with E-state index >= 15 is 0 Å². The molecule has 0 aliphatic heterocycles. The number of hydrogen-bond donors (Lipinski definition) is 3. The van der Waals surface area contributed by atoms with E-state index in [2.05, 4.69) is 21.0 Å². The van der Waals surface area contributed by atoms with Crippen LogP contribution in [0, 0.1) is 0 Å². The molecule has 0 atom stereocenters. The van der Waals surface area contributed by atoms with Crippen LogP contribution in [0.1, 0.15) is 16.2 Å². The third-order valence-electron chi connectivity index (χ3n) is 4.01. The van der Waals surface area contributed by atoms with Gasteiger partial charge in [-0.05, 0) is 42.5 Å². The van der Waals surface area contributed by atoms with Crippen LogP contribution in [0.3, 0.4) is 0 Å². The maximum atomic E-state index is 12.4. The molecular weight excluding hydrogens is 390 g/mol. The zero-order valence-corrected chi connectivity index (χ0v) is 16.3. The van der Waals surface area contributed by atoms with Crippen LogP contribution in [0.25, 0.3) is 0 Å². The highest BCUT2D eigenvalue weighted by molar-refractivity contribution is 6.02. The Bertz CT molecular complexity index is 1040. The molecular formula is C20H21N5O5. The fourth-order valence-corrected chi connectivity index (χ4v) is 2.50. The van der Waals surface area contributed by atoms with Gasteiger partial charge in [-0.2, -0.15) is 5.10 Å². The molecule has 0 unspecified atom stereocenters. The second-order valence-corrected chi connectivity index (χ2v) is 6.19. The van der Waals surface area contributed by atoms with E-state index in [1.165, 1.54) is 30.2 Å². The number of anilines is 2. The lowest BCUT2D eigenvalue weighted by atomic mass is 10.2. The van der Waals surface area contributed by atoms with Gasteiger partial charge in [0.1, 0.15) is 11.5 Å². The number of methoxy groups -OCH3 is 1. The molecule has 0 saturated heterocycles. The second kappa shape index (κ2) is 10.0. The molecule has 0 aliphatic carbocycles. The lowest BCUT2D eigenvalue weighted by Gasteiger charge is -2.09. The van der Waals surface area contributed by atoms with E-state index in [9.17, 15) is 14.4 Å². The number of furan rings is 1. The molecule has 0 aliphatic rings. The van der Waals surface area contributed by atoms with Crippen molar-refractivity contribution in [2.45, 2.75) is 13.1 Å². The molecule has 3 aromatic rings. The zero-order valence-electron chi connectivity index (χ0n) is 16.3. The van der Waals surface area contributed by atoms with Crippen LogP contribution in [-0.2, 0) is 17.8 Å². The van der Waals surface area contributed by atoms with Crippen LogP contribution >= 0.6 is 0 Å². The van der Waals surface area contributed by atoms with Gasteiger partial charge in [0.25, 0.3) is 11.5 Å². The average Bonchev–Trinajstić information content (AvgIpc) is 3.27. The van der Waals surface area contributed by atoms with E-state index in [0.717, 1.165) is 0 Å². The third-order valence-corrected chi connectivity index (χ3v) is 4.01. The number of hydrogen-bond acceptors (Lipinski definition) is 6. The molecule has 156 valence electrons. The summed E-state index contributed by atoms with van der Waals surface area (Å²) in [6, 6.07) is 12.3. The first-order valence-corrected chi connectivity index (χ1v) is 9.11. The highest BCUT2D eigenvalue weighted by Crippen LogP contribution is 2.14. The second-order valence-electron chi connectivity index (χ2n) is 6.19. The molecule has 0 spiro atoms. The van der Waals surface area contributed by atoms with Crippen molar-refractivity contribution in [2.75, 3.05) is 24.4 Å². The number of carbonyl (C=O) groups excluding carboxylic acids is 2. The summed E-state index contributed by atoms with van der Waals surface area (Å²) in [5.41, 5.74) is 0.851. The Labute approximate surface area is 171 Å². The van der Waals surface area contributed by atoms with Crippen molar-refractivity contribution in [2.24, 2.45) is 0 Å². The summed E-state index contributed by atoms with van der Waals surface area (Å²) in [4.78, 5) is 36.1. The van der Waals surface area contributed by atoms with Gasteiger partial charge >= 0.3 is 6.03 Å². The predicted molar refractivity (Wildman–Crippen MR) is 109 cm³/mol. The highest BCUT2D eigenvalue weighted by atomic mass is 16.5. The number of ether oxygens (including phenoxy) is 1. The zero-order chi connectivity index (χ0) is 21.3. The van der Waals surface area contributed by atoms with Crippen molar-refractivity contribution in [3.05, 3.63) is 76.6 Å². The number of nitrogens with one attached hydrogen (secondary N) is 3. The quantitative estimate of drug-likeness (QED) is 0.521. The molecule has 0 bridgehead atoms. The van der Waals surface area contributed by atoms with Gasteiger partial charge in [0.05, 0.1) is 26.0 Å². The van der Waals surface area contributed by atoms with Crippen molar-refractivity contribution in [1.82, 2.24) is 15.1 Å². The molecule has 0 fully saturated rings. The van der Waals surface area contributed by atoms with Gasteiger partial charge in [0, 0.05) is 24.6 Å². The molecule has 10 heteroatoms. The minimum absolute atomic E-state index is 0.102. The Morgan fingerprint density at radius 1 is 1.07 bits per heavy atom. The largest absolute Gasteiger partial charge is 0.467 e. The smallest absolute Gasteiger partial charge is 0.319 e. The highest BCUT2D eigenvalue weighted by Gasteiger charge is 2.10. The lowest BCUT2D eigenvalue weighted by Crippen LogP contribution is -2.28. The Kier molecular flexibility index (Phi) is 6.95. The van der Waals surface area contributed by atoms with E-state index in [1.807, 2.05) is 0 Å². The Balaban J connectivity index is 1.55. The van der Waals surface area contributed by atoms with Crippen LogP contribution in [0.4, 0.5) is 16.2 Å². The summed E-state index contributed by atoms with van der Waals surface area (Å²) in [5.74, 6) is 0.184. The molecule has 3 N–H and O–H groups in total. The van der Waals surface area contributed by atoms with Crippen molar-refractivity contribution < 1.29 is 18.7 Å². The van der Waals surface area contributed by atoms with Crippen LogP contribution in [0.15, 0.2) is 64.0 Å². The maximum Gasteiger partial charge on any atom is 0.319 e. The number of nitrogens with zero attached hydrogens (tertiary/aromatic N) is 2. The van der Waals surface area contributed by atoms with Crippen molar-refractivity contribution in [1.29, 1.82) is 0 Å². The Morgan fingerprint density at radius 3 is 2.47 bits per heavy atom. The topological polar surface area (TPSA) is 127 Å². The van der Waals surface area contributed by atoms with Crippen LogP contribution < -0.4 is 21.5 Å². The summed E-state index contributed by atoms with van der Waals surface area (Å²) in [7, 11) is 1.52. The molecule has 2 aromatic heterocycles. The van der Waals surface area contributed by atoms with E-state index < -0.39 is 5.91 Å². The fourth-order valence-electron chi connectivity index (χ4n) is 2.50. The molecule has 0 saturated carbocycles. The minimum Gasteiger partial charge on any atom is -0.467 e. The van der Waals surface area contributed by atoms with E-state index in [-0.39, 0.29) is 30.4 Å². The average molecular weight is 411 g/mol. The molecule has 30 heavy (non-hydrogen) atoms. The van der Waals surface area contributed by atoms with E-state index in [4.69, 9.17) is 9.15 Å². The predicted octanol–water partition coefficient (Wildman–Crippen LogP) is 2.06. The van der Waals surface area contributed by atoms with Gasteiger partial charge in [-0.15, -0.1) is 0 Å². The summed E-state index contributed by atoms with van der Waals surface area (Å²) in [6.07, 6.45) is 1.53. The van der Waals surface area contributed by atoms with Gasteiger partial charge in [-0.25, -0.2) is 9.48 Å². The van der Waals surface area contributed by atoms with Gasteiger partial charge in [0.15, 0.2) is 0 Å². The van der Waals surface area contributed by atoms with Crippen LogP contribution in [-0.4, -0.2) is 35.4 Å². The molecule has 0 radical (unpaired) electrons. The normalized spacial score (nSPS) is 10.4. The first-order chi connectivity index (χ1) is 14.5. The van der Waals surface area contributed by atoms with Crippen molar-refractivity contribution in [3.63, 3.8) is 0 Å². The standard InChI is InChI=1S/C20H21N5O5/c1-29-12-10-25-18(26)9-8-17(24-25)19(27)22-14-4-6-15(7-5-14)23-20(28)21-13-16-3-2-11-30-16/h2-9,11H,10,12-13H2,1H3,(H,22,27)(H2,21,23,28). The van der Waals surface area contributed by atoms with Gasteiger partial charge in [-0.3, -0.25) is 9.59 Å². The molecule has 1 aromatic carbocycles. The number of aromatic nitrogens is 2. The Morgan fingerprint density at radius 2 is 1.80 bits per heavy atom. The van der Waals surface area contributed by atoms with Gasteiger partial charge < -0.3 is 25.1 Å². The maximum absolute atomic E-state index is 12.4. The lowest BCUT2D eigenvalue weighted by molar-refractivity contribution is 0.101. The van der Waals surface area contributed by atoms with Crippen LogP contribution in [0.2, 0.25) is 0 Å². The number of rotatable bonds is 8. The van der Waals surface area contributed by atoms with E-state index in [1.54, 1.807) is 36.4 Å². The number of carbonyl (C=O) groups is 2. The molecule has 2 heterocycles. The number of benzene rings is 1. The summed E-state index contributed by atoms with van der Waals surface area (Å²) in [5, 5.41) is 12.1. The number of amides is 3. The monoisotopic (exact) mass is 411 g/mol. The summed E-state index contributed by atoms with van der Waals surface area (Å²) < 4.78 is 11.2. The first kappa shape index (κ1) is 20.8. The fraction of sp³-hybridized carbons (Fsp3) is 0.200. The molecule has 3 rings (SSSR count). The van der Waals surface area contributed by atoms with E-state index in [0.29, 0.717) is 23.7 Å². The number of urea groups is 1. The molecule has 3 amide bonds. The first-order valence-electron chi connectivity index (χ1n) is 9.11. The molecule has 10 nitrogen and oxygen atoms in total. The summed E-state index contributed by atoms with van der Waals surface area (Å²) in [6.45, 7) is 0.826.